The highest BCUT2D eigenvalue weighted by molar-refractivity contribution is 7.86. The van der Waals surface area contributed by atoms with E-state index in [9.17, 15) is 0 Å². The first-order chi connectivity index (χ1) is 2.63. The molecule has 0 saturated carbocycles. The monoisotopic (exact) mass is 122 g/mol. The van der Waals surface area contributed by atoms with Crippen LogP contribution in [0.4, 0.5) is 0 Å². The van der Waals surface area contributed by atoms with Gasteiger partial charge in [-0.15, -0.1) is 25.3 Å². The van der Waals surface area contributed by atoms with Crippen LogP contribution >= 0.6 is 25.3 Å². The lowest BCUT2D eigenvalue weighted by atomic mass is 10.6. The smallest absolute Gasteiger partial charge is 0.145 e. The molecule has 0 spiro atoms. The molecule has 0 bridgehead atoms. The molecular formula is C3H6OS2. The van der Waals surface area contributed by atoms with E-state index in [1.165, 1.54) is 0 Å². The maximum atomic E-state index is 4.83. The molecule has 3 heteroatoms. The van der Waals surface area contributed by atoms with Gasteiger partial charge in [0.1, 0.15) is 10.4 Å². The van der Waals surface area contributed by atoms with E-state index in [0.29, 0.717) is 0 Å². The molecule has 1 aliphatic heterocycles. The summed E-state index contributed by atoms with van der Waals surface area (Å²) in [5, 5.41) is 0. The maximum absolute atomic E-state index is 4.83. The van der Waals surface area contributed by atoms with Gasteiger partial charge in [-0.3, -0.25) is 0 Å². The average Bonchev–Trinajstić information content (AvgIpc) is 1.73. The minimum absolute atomic E-state index is 0.0563. The maximum Gasteiger partial charge on any atom is 0.145 e. The van der Waals surface area contributed by atoms with Crippen LogP contribution in [0.3, 0.4) is 0 Å². The van der Waals surface area contributed by atoms with Crippen LogP contribution in [-0.2, 0) is 4.74 Å². The van der Waals surface area contributed by atoms with Crippen LogP contribution in [0.25, 0.3) is 0 Å². The lowest BCUT2D eigenvalue weighted by Crippen LogP contribution is -1.90. The van der Waals surface area contributed by atoms with Gasteiger partial charge in [-0.1, -0.05) is 0 Å². The second-order valence-electron chi connectivity index (χ2n) is 1.52. The van der Waals surface area contributed by atoms with E-state index >= 15 is 0 Å². The Morgan fingerprint density at radius 1 is 1.83 bits per heavy atom. The zero-order valence-corrected chi connectivity index (χ0v) is 5.17. The van der Waals surface area contributed by atoms with Gasteiger partial charge >= 0.3 is 0 Å². The second-order valence-corrected chi connectivity index (χ2v) is 2.88. The van der Waals surface area contributed by atoms with Gasteiger partial charge in [0.05, 0.1) is 0 Å². The Morgan fingerprint density at radius 2 is 2.00 bits per heavy atom. The first-order valence-corrected chi connectivity index (χ1v) is 2.67. The molecule has 1 saturated heterocycles. The summed E-state index contributed by atoms with van der Waals surface area (Å²) in [5.74, 6) is 0. The molecule has 1 nitrogen and oxygen atoms in total. The molecule has 0 amide bonds. The number of epoxide rings is 1. The molecule has 0 aliphatic carbocycles. The second kappa shape index (κ2) is 1.08. The van der Waals surface area contributed by atoms with Gasteiger partial charge in [0.25, 0.3) is 0 Å². The fourth-order valence-corrected chi connectivity index (χ4v) is 0.600. The molecule has 36 valence electrons. The van der Waals surface area contributed by atoms with Crippen molar-refractivity contribution >= 4 is 25.3 Å². The van der Waals surface area contributed by atoms with Gasteiger partial charge in [-0.25, -0.2) is 0 Å². The Kier molecular flexibility index (Phi) is 0.867. The number of hydrogen-bond acceptors (Lipinski definition) is 3. The van der Waals surface area contributed by atoms with E-state index in [4.69, 9.17) is 4.74 Å². The van der Waals surface area contributed by atoms with Crippen molar-refractivity contribution < 1.29 is 4.74 Å². The Balaban J connectivity index is 2.41. The Morgan fingerprint density at radius 3 is 2.00 bits per heavy atom. The highest BCUT2D eigenvalue weighted by atomic mass is 32.1. The molecule has 1 rings (SSSR count). The Bertz CT molecular complexity index is 71.2. The van der Waals surface area contributed by atoms with Crippen LogP contribution in [0.2, 0.25) is 0 Å². The highest BCUT2D eigenvalue weighted by Crippen LogP contribution is 2.41. The molecule has 0 aromatic rings. The quantitative estimate of drug-likeness (QED) is 0.360. The van der Waals surface area contributed by atoms with Crippen molar-refractivity contribution in [1.82, 2.24) is 0 Å². The van der Waals surface area contributed by atoms with Crippen LogP contribution in [0.5, 0.6) is 0 Å². The predicted molar refractivity (Wildman–Crippen MR) is 31.2 cm³/mol. The summed E-state index contributed by atoms with van der Waals surface area (Å²) in [6.45, 7) is 1.88. The van der Waals surface area contributed by atoms with Crippen LogP contribution in [0, 0.1) is 0 Å². The van der Waals surface area contributed by atoms with E-state index in [1.807, 2.05) is 6.92 Å². The van der Waals surface area contributed by atoms with Crippen LogP contribution in [-0.4, -0.2) is 10.4 Å². The molecule has 0 N–H and O–H groups in total. The van der Waals surface area contributed by atoms with E-state index in [-0.39, 0.29) is 10.4 Å². The number of ether oxygens (including phenoxy) is 1. The van der Waals surface area contributed by atoms with Crippen molar-refractivity contribution in [2.45, 2.75) is 17.3 Å². The lowest BCUT2D eigenvalue weighted by molar-refractivity contribution is 0.396. The highest BCUT2D eigenvalue weighted by Gasteiger charge is 2.46. The fourth-order valence-electron chi connectivity index (χ4n) is 0.192. The lowest BCUT2D eigenvalue weighted by Gasteiger charge is -1.83. The van der Waals surface area contributed by atoms with Crippen molar-refractivity contribution in [2.75, 3.05) is 0 Å². The zero-order valence-electron chi connectivity index (χ0n) is 3.38. The van der Waals surface area contributed by atoms with E-state index in [0.717, 1.165) is 0 Å². The zero-order chi connectivity index (χ0) is 4.78. The van der Waals surface area contributed by atoms with Gasteiger partial charge in [-0.05, 0) is 6.92 Å². The van der Waals surface area contributed by atoms with Crippen molar-refractivity contribution in [3.05, 3.63) is 0 Å². The topological polar surface area (TPSA) is 12.5 Å². The van der Waals surface area contributed by atoms with Gasteiger partial charge < -0.3 is 4.74 Å². The molecule has 1 fully saturated rings. The molecule has 0 aromatic heterocycles. The van der Waals surface area contributed by atoms with E-state index in [1.54, 1.807) is 0 Å². The summed E-state index contributed by atoms with van der Waals surface area (Å²) in [4.78, 5) is -0.233. The normalized spacial score (nSPS) is 55.5. The summed E-state index contributed by atoms with van der Waals surface area (Å²) < 4.78 is 4.83. The van der Waals surface area contributed by atoms with E-state index in [2.05, 4.69) is 25.3 Å². The van der Waals surface area contributed by atoms with Gasteiger partial charge in [-0.2, -0.15) is 0 Å². The average molecular weight is 122 g/mol. The fraction of sp³-hybridized carbons (Fsp3) is 1.00. The Labute approximate surface area is 47.9 Å². The van der Waals surface area contributed by atoms with Gasteiger partial charge in [0.2, 0.25) is 0 Å². The Hall–Kier alpha value is 0.660. The number of thiol groups is 2. The summed E-state index contributed by atoms with van der Waals surface area (Å²) >= 11 is 7.99. The molecule has 6 heavy (non-hydrogen) atoms. The van der Waals surface area contributed by atoms with Crippen molar-refractivity contribution in [3.63, 3.8) is 0 Å². The third-order valence-corrected chi connectivity index (χ3v) is 1.89. The minimum atomic E-state index is -0.233. The van der Waals surface area contributed by atoms with Crippen molar-refractivity contribution in [1.29, 1.82) is 0 Å². The molecule has 2 atom stereocenters. The summed E-state index contributed by atoms with van der Waals surface area (Å²) in [6.07, 6.45) is 0. The summed E-state index contributed by atoms with van der Waals surface area (Å²) in [6, 6.07) is 0. The molecule has 1 aliphatic rings. The van der Waals surface area contributed by atoms with Crippen molar-refractivity contribution in [3.8, 4) is 0 Å². The largest absolute Gasteiger partial charge is 0.344 e. The van der Waals surface area contributed by atoms with Crippen LogP contribution in [0.1, 0.15) is 6.92 Å². The number of rotatable bonds is 0. The third kappa shape index (κ3) is 0.669. The number of hydrogen-bond donors (Lipinski definition) is 2. The molecule has 0 radical (unpaired) electrons. The van der Waals surface area contributed by atoms with Crippen LogP contribution < -0.4 is 0 Å². The first kappa shape index (κ1) is 4.81. The SMILES string of the molecule is CC1(S)OC1S. The van der Waals surface area contributed by atoms with Crippen molar-refractivity contribution in [2.24, 2.45) is 0 Å². The summed E-state index contributed by atoms with van der Waals surface area (Å²) in [7, 11) is 0. The molecule has 1 heterocycles. The molecular weight excluding hydrogens is 116 g/mol. The minimum Gasteiger partial charge on any atom is -0.344 e. The van der Waals surface area contributed by atoms with Crippen LogP contribution in [0.15, 0.2) is 0 Å². The summed E-state index contributed by atoms with van der Waals surface area (Å²) in [5.41, 5.74) is 0.0563. The van der Waals surface area contributed by atoms with Gasteiger partial charge in [0, 0.05) is 0 Å². The molecule has 0 aromatic carbocycles. The van der Waals surface area contributed by atoms with Gasteiger partial charge in [0.15, 0.2) is 0 Å². The standard InChI is InChI=1S/C3H6OS2/c1-3(6)2(5)4-3/h2,5-6H,1H3. The molecule has 2 unspecified atom stereocenters. The third-order valence-electron chi connectivity index (χ3n) is 0.751. The first-order valence-electron chi connectivity index (χ1n) is 1.71. The predicted octanol–water partition coefficient (Wildman–Crippen LogP) is 0.918. The van der Waals surface area contributed by atoms with E-state index < -0.39 is 0 Å².